The second kappa shape index (κ2) is 7.31. The van der Waals surface area contributed by atoms with E-state index in [2.05, 4.69) is 9.97 Å². The summed E-state index contributed by atoms with van der Waals surface area (Å²) in [7, 11) is 0. The molecular formula is C20H23N3O3S. The maximum atomic E-state index is 12.7. The molecule has 1 amide bonds. The smallest absolute Gasteiger partial charge is 0.276 e. The van der Waals surface area contributed by atoms with Gasteiger partial charge in [0.15, 0.2) is 12.3 Å². The molecule has 0 radical (unpaired) electrons. The molecule has 0 atom stereocenters. The van der Waals surface area contributed by atoms with Gasteiger partial charge in [-0.05, 0) is 51.7 Å². The number of aromatic nitrogens is 2. The van der Waals surface area contributed by atoms with Crippen molar-refractivity contribution in [3.05, 3.63) is 41.1 Å². The Morgan fingerprint density at radius 1 is 1.37 bits per heavy atom. The highest BCUT2D eigenvalue weighted by molar-refractivity contribution is 7.18. The Bertz CT molecular complexity index is 958. The minimum Gasteiger partial charge on any atom is -0.484 e. The lowest BCUT2D eigenvalue weighted by Crippen LogP contribution is -2.38. The first-order chi connectivity index (χ1) is 13.0. The van der Waals surface area contributed by atoms with Gasteiger partial charge in [-0.1, -0.05) is 0 Å². The molecule has 0 N–H and O–H groups in total. The largest absolute Gasteiger partial charge is 0.484 e. The molecule has 1 aliphatic rings. The molecule has 0 bridgehead atoms. The van der Waals surface area contributed by atoms with Crippen LogP contribution in [0.1, 0.15) is 48.1 Å². The molecule has 142 valence electrons. The molecule has 1 aliphatic carbocycles. The molecular weight excluding hydrogens is 362 g/mol. The third-order valence-corrected chi connectivity index (χ3v) is 5.59. The second-order valence-corrected chi connectivity index (χ2v) is 8.51. The van der Waals surface area contributed by atoms with Gasteiger partial charge in [0.2, 0.25) is 5.89 Å². The average Bonchev–Trinajstić information content (AvgIpc) is 3.19. The summed E-state index contributed by atoms with van der Waals surface area (Å²) in [5.74, 6) is 1.65. The van der Waals surface area contributed by atoms with Crippen LogP contribution in [0.25, 0.3) is 10.2 Å². The number of aryl methyl sites for hydroxylation is 1. The summed E-state index contributed by atoms with van der Waals surface area (Å²) in [4.78, 5) is 23.4. The summed E-state index contributed by atoms with van der Waals surface area (Å²) >= 11 is 1.66. The van der Waals surface area contributed by atoms with E-state index >= 15 is 0 Å². The van der Waals surface area contributed by atoms with E-state index in [-0.39, 0.29) is 18.6 Å². The zero-order chi connectivity index (χ0) is 19.0. The fraction of sp³-hybridized carbons (Fsp3) is 0.450. The first-order valence-corrected chi connectivity index (χ1v) is 10.1. The van der Waals surface area contributed by atoms with Gasteiger partial charge in [-0.3, -0.25) is 4.79 Å². The predicted octanol–water partition coefficient (Wildman–Crippen LogP) is 4.43. The quantitative estimate of drug-likeness (QED) is 0.602. The van der Waals surface area contributed by atoms with Gasteiger partial charge in [0, 0.05) is 18.7 Å². The Morgan fingerprint density at radius 3 is 2.93 bits per heavy atom. The van der Waals surface area contributed by atoms with Gasteiger partial charge in [-0.25, -0.2) is 9.97 Å². The Labute approximate surface area is 162 Å². The van der Waals surface area contributed by atoms with Gasteiger partial charge < -0.3 is 14.1 Å². The summed E-state index contributed by atoms with van der Waals surface area (Å²) in [5.41, 5.74) is 1.26. The molecule has 0 saturated heterocycles. The minimum atomic E-state index is -0.0775. The van der Waals surface area contributed by atoms with Gasteiger partial charge in [0.25, 0.3) is 5.91 Å². The first kappa shape index (κ1) is 18.0. The summed E-state index contributed by atoms with van der Waals surface area (Å²) in [6.07, 6.45) is 3.84. The molecule has 2 aromatic heterocycles. The normalized spacial score (nSPS) is 14.1. The molecule has 27 heavy (non-hydrogen) atoms. The van der Waals surface area contributed by atoms with Crippen LogP contribution in [0.4, 0.5) is 0 Å². The second-order valence-electron chi connectivity index (χ2n) is 7.27. The third-order valence-electron chi connectivity index (χ3n) is 4.64. The number of carbonyl (C=O) groups is 1. The zero-order valence-corrected chi connectivity index (χ0v) is 16.6. The summed E-state index contributed by atoms with van der Waals surface area (Å²) in [6.45, 7) is 7.01. The van der Waals surface area contributed by atoms with Gasteiger partial charge in [0.1, 0.15) is 12.0 Å². The SMILES string of the molecule is Cc1nc2cc(OCc3nc(C(=O)N(CC4CC4)C(C)C)co3)ccc2s1. The molecule has 2 heterocycles. The van der Waals surface area contributed by atoms with Crippen molar-refractivity contribution in [3.8, 4) is 5.75 Å². The monoisotopic (exact) mass is 385 g/mol. The number of oxazole rings is 1. The number of hydrogen-bond acceptors (Lipinski definition) is 6. The van der Waals surface area contributed by atoms with Crippen LogP contribution < -0.4 is 4.74 Å². The van der Waals surface area contributed by atoms with E-state index in [4.69, 9.17) is 9.15 Å². The van der Waals surface area contributed by atoms with E-state index in [0.29, 0.717) is 23.3 Å². The van der Waals surface area contributed by atoms with Crippen LogP contribution in [0.2, 0.25) is 0 Å². The highest BCUT2D eigenvalue weighted by Crippen LogP contribution is 2.31. The van der Waals surface area contributed by atoms with Crippen molar-refractivity contribution in [1.82, 2.24) is 14.9 Å². The maximum absolute atomic E-state index is 12.7. The number of benzene rings is 1. The van der Waals surface area contributed by atoms with E-state index < -0.39 is 0 Å². The van der Waals surface area contributed by atoms with E-state index in [9.17, 15) is 4.79 Å². The van der Waals surface area contributed by atoms with Crippen molar-refractivity contribution in [2.45, 2.75) is 46.3 Å². The standard InChI is InChI=1S/C20H23N3O3S/c1-12(2)23(9-14-4-5-14)20(24)17-10-26-19(22-17)11-25-15-6-7-18-16(8-15)21-13(3)27-18/h6-8,10,12,14H,4-5,9,11H2,1-3H3. The molecule has 0 spiro atoms. The van der Waals surface area contributed by atoms with Crippen LogP contribution >= 0.6 is 11.3 Å². The van der Waals surface area contributed by atoms with Crippen LogP contribution in [-0.2, 0) is 6.61 Å². The molecule has 4 rings (SSSR count). The fourth-order valence-corrected chi connectivity index (χ4v) is 3.79. The summed E-state index contributed by atoms with van der Waals surface area (Å²) < 4.78 is 12.4. The number of nitrogens with zero attached hydrogens (tertiary/aromatic N) is 3. The van der Waals surface area contributed by atoms with Crippen molar-refractivity contribution in [2.75, 3.05) is 6.54 Å². The van der Waals surface area contributed by atoms with Crippen molar-refractivity contribution in [2.24, 2.45) is 5.92 Å². The zero-order valence-electron chi connectivity index (χ0n) is 15.8. The van der Waals surface area contributed by atoms with Crippen molar-refractivity contribution in [1.29, 1.82) is 0 Å². The number of carbonyl (C=O) groups excluding carboxylic acids is 1. The Balaban J connectivity index is 1.41. The number of thiazole rings is 1. The van der Waals surface area contributed by atoms with Crippen LogP contribution in [0.3, 0.4) is 0 Å². The third kappa shape index (κ3) is 4.13. The van der Waals surface area contributed by atoms with E-state index in [0.717, 1.165) is 21.8 Å². The van der Waals surface area contributed by atoms with E-state index in [1.807, 2.05) is 43.9 Å². The van der Waals surface area contributed by atoms with Crippen molar-refractivity contribution >= 4 is 27.5 Å². The molecule has 1 saturated carbocycles. The highest BCUT2D eigenvalue weighted by atomic mass is 32.1. The van der Waals surface area contributed by atoms with Gasteiger partial charge in [-0.2, -0.15) is 0 Å². The minimum absolute atomic E-state index is 0.0775. The Hall–Kier alpha value is -2.41. The van der Waals surface area contributed by atoms with Gasteiger partial charge in [-0.15, -0.1) is 11.3 Å². The number of hydrogen-bond donors (Lipinski definition) is 0. The molecule has 0 aliphatic heterocycles. The number of ether oxygens (including phenoxy) is 1. The number of amides is 1. The maximum Gasteiger partial charge on any atom is 0.276 e. The average molecular weight is 385 g/mol. The van der Waals surface area contributed by atoms with Gasteiger partial charge in [0.05, 0.1) is 15.2 Å². The van der Waals surface area contributed by atoms with E-state index in [1.54, 1.807) is 11.3 Å². The van der Waals surface area contributed by atoms with E-state index in [1.165, 1.54) is 19.1 Å². The Morgan fingerprint density at radius 2 is 2.19 bits per heavy atom. The summed E-state index contributed by atoms with van der Waals surface area (Å²) in [6, 6.07) is 5.95. The molecule has 1 fully saturated rings. The summed E-state index contributed by atoms with van der Waals surface area (Å²) in [5, 5.41) is 1.03. The van der Waals surface area contributed by atoms with Crippen LogP contribution in [0, 0.1) is 12.8 Å². The van der Waals surface area contributed by atoms with Gasteiger partial charge >= 0.3 is 0 Å². The van der Waals surface area contributed by atoms with Crippen molar-refractivity contribution in [3.63, 3.8) is 0 Å². The molecule has 0 unspecified atom stereocenters. The highest BCUT2D eigenvalue weighted by Gasteiger charge is 2.30. The van der Waals surface area contributed by atoms with Crippen molar-refractivity contribution < 1.29 is 13.9 Å². The van der Waals surface area contributed by atoms with Crippen LogP contribution in [0.15, 0.2) is 28.9 Å². The lowest BCUT2D eigenvalue weighted by atomic mass is 10.2. The molecule has 1 aromatic carbocycles. The molecule has 6 nitrogen and oxygen atoms in total. The number of rotatable bonds is 7. The Kier molecular flexibility index (Phi) is 4.86. The first-order valence-electron chi connectivity index (χ1n) is 9.25. The lowest BCUT2D eigenvalue weighted by molar-refractivity contribution is 0.0690. The van der Waals surface area contributed by atoms with Crippen LogP contribution in [0.5, 0.6) is 5.75 Å². The van der Waals surface area contributed by atoms with Crippen LogP contribution in [-0.4, -0.2) is 33.4 Å². The number of fused-ring (bicyclic) bond motifs is 1. The molecule has 3 aromatic rings. The molecule has 7 heteroatoms. The fourth-order valence-electron chi connectivity index (χ4n) is 2.99. The predicted molar refractivity (Wildman–Crippen MR) is 104 cm³/mol. The lowest BCUT2D eigenvalue weighted by Gasteiger charge is -2.25. The topological polar surface area (TPSA) is 68.5 Å².